The summed E-state index contributed by atoms with van der Waals surface area (Å²) in [4.78, 5) is 2.40. The van der Waals surface area contributed by atoms with E-state index in [1.54, 1.807) is 6.20 Å². The third kappa shape index (κ3) is 3.04. The zero-order valence-corrected chi connectivity index (χ0v) is 9.44. The first-order valence-corrected chi connectivity index (χ1v) is 5.62. The SMILES string of the molecule is CC(C)NC1CCN(Cc2ccno2)C1. The van der Waals surface area contributed by atoms with Crippen LogP contribution in [0.2, 0.25) is 0 Å². The molecule has 1 aromatic rings. The molecule has 1 N–H and O–H groups in total. The third-order valence-electron chi connectivity index (χ3n) is 2.71. The van der Waals surface area contributed by atoms with E-state index < -0.39 is 0 Å². The fourth-order valence-corrected chi connectivity index (χ4v) is 2.13. The molecule has 4 nitrogen and oxygen atoms in total. The van der Waals surface area contributed by atoms with Gasteiger partial charge in [-0.15, -0.1) is 0 Å². The fraction of sp³-hybridized carbons (Fsp3) is 0.727. The highest BCUT2D eigenvalue weighted by molar-refractivity contribution is 4.94. The van der Waals surface area contributed by atoms with Crippen LogP contribution in [0, 0.1) is 0 Å². The zero-order chi connectivity index (χ0) is 10.7. The zero-order valence-electron chi connectivity index (χ0n) is 9.44. The average Bonchev–Trinajstić information content (AvgIpc) is 2.77. The Balaban J connectivity index is 1.78. The van der Waals surface area contributed by atoms with Crippen LogP contribution >= 0.6 is 0 Å². The van der Waals surface area contributed by atoms with E-state index in [-0.39, 0.29) is 0 Å². The lowest BCUT2D eigenvalue weighted by molar-refractivity contribution is 0.267. The van der Waals surface area contributed by atoms with Crippen LogP contribution in [-0.2, 0) is 6.54 Å². The highest BCUT2D eigenvalue weighted by Gasteiger charge is 2.23. The van der Waals surface area contributed by atoms with Crippen LogP contribution in [0.25, 0.3) is 0 Å². The summed E-state index contributed by atoms with van der Waals surface area (Å²) in [7, 11) is 0. The quantitative estimate of drug-likeness (QED) is 0.810. The summed E-state index contributed by atoms with van der Waals surface area (Å²) in [5, 5.41) is 7.28. The van der Waals surface area contributed by atoms with Crippen LogP contribution < -0.4 is 5.32 Å². The molecule has 0 radical (unpaired) electrons. The summed E-state index contributed by atoms with van der Waals surface area (Å²) >= 11 is 0. The van der Waals surface area contributed by atoms with Crippen LogP contribution in [0.3, 0.4) is 0 Å². The second-order valence-corrected chi connectivity index (χ2v) is 4.52. The summed E-state index contributed by atoms with van der Waals surface area (Å²) in [6, 6.07) is 3.14. The van der Waals surface area contributed by atoms with E-state index >= 15 is 0 Å². The molecule has 84 valence electrons. The first-order chi connectivity index (χ1) is 7.24. The Labute approximate surface area is 90.6 Å². The maximum absolute atomic E-state index is 5.10. The first-order valence-electron chi connectivity index (χ1n) is 5.62. The van der Waals surface area contributed by atoms with E-state index in [9.17, 15) is 0 Å². The number of nitrogens with one attached hydrogen (secondary N) is 1. The van der Waals surface area contributed by atoms with E-state index in [4.69, 9.17) is 4.52 Å². The third-order valence-corrected chi connectivity index (χ3v) is 2.71. The van der Waals surface area contributed by atoms with E-state index in [0.29, 0.717) is 12.1 Å². The number of aromatic nitrogens is 1. The molecule has 0 aromatic carbocycles. The molecule has 2 heterocycles. The van der Waals surface area contributed by atoms with Crippen molar-refractivity contribution in [1.29, 1.82) is 0 Å². The van der Waals surface area contributed by atoms with Crippen molar-refractivity contribution in [2.75, 3.05) is 13.1 Å². The summed E-state index contributed by atoms with van der Waals surface area (Å²) < 4.78 is 5.10. The van der Waals surface area contributed by atoms with Gasteiger partial charge < -0.3 is 9.84 Å². The predicted octanol–water partition coefficient (Wildman–Crippen LogP) is 1.25. The standard InChI is InChI=1S/C11H19N3O/c1-9(2)13-10-4-6-14(7-10)8-11-3-5-12-15-11/h3,5,9-10,13H,4,6-8H2,1-2H3. The number of hydrogen-bond acceptors (Lipinski definition) is 4. The summed E-state index contributed by atoms with van der Waals surface area (Å²) in [6.07, 6.45) is 2.93. The summed E-state index contributed by atoms with van der Waals surface area (Å²) in [5.41, 5.74) is 0. The lowest BCUT2D eigenvalue weighted by Crippen LogP contribution is -2.36. The fourth-order valence-electron chi connectivity index (χ4n) is 2.13. The van der Waals surface area contributed by atoms with Crippen molar-refractivity contribution < 1.29 is 4.52 Å². The maximum Gasteiger partial charge on any atom is 0.150 e. The summed E-state index contributed by atoms with van der Waals surface area (Å²) in [5.74, 6) is 0.959. The van der Waals surface area contributed by atoms with Crippen LogP contribution in [0.5, 0.6) is 0 Å². The molecule has 0 spiro atoms. The molecule has 1 aliphatic rings. The Kier molecular flexibility index (Phi) is 3.38. The second kappa shape index (κ2) is 4.77. The molecule has 0 bridgehead atoms. The van der Waals surface area contributed by atoms with Gasteiger partial charge >= 0.3 is 0 Å². The molecule has 15 heavy (non-hydrogen) atoms. The van der Waals surface area contributed by atoms with E-state index in [1.165, 1.54) is 6.42 Å². The van der Waals surface area contributed by atoms with Crippen molar-refractivity contribution in [2.45, 2.75) is 38.9 Å². The van der Waals surface area contributed by atoms with Crippen molar-refractivity contribution in [1.82, 2.24) is 15.4 Å². The Morgan fingerprint density at radius 3 is 3.20 bits per heavy atom. The lowest BCUT2D eigenvalue weighted by atomic mass is 10.2. The molecule has 0 amide bonds. The Bertz CT molecular complexity index is 284. The van der Waals surface area contributed by atoms with Gasteiger partial charge in [0, 0.05) is 31.2 Å². The van der Waals surface area contributed by atoms with Crippen molar-refractivity contribution in [3.8, 4) is 0 Å². The first kappa shape index (κ1) is 10.6. The van der Waals surface area contributed by atoms with Crippen LogP contribution in [0.15, 0.2) is 16.8 Å². The Morgan fingerprint density at radius 1 is 1.67 bits per heavy atom. The number of rotatable bonds is 4. The molecule has 4 heteroatoms. The number of hydrogen-bond donors (Lipinski definition) is 1. The molecule has 1 saturated heterocycles. The van der Waals surface area contributed by atoms with Crippen molar-refractivity contribution in [2.24, 2.45) is 0 Å². The molecule has 2 rings (SSSR count). The van der Waals surface area contributed by atoms with E-state index in [1.807, 2.05) is 6.07 Å². The van der Waals surface area contributed by atoms with Gasteiger partial charge in [-0.2, -0.15) is 0 Å². The van der Waals surface area contributed by atoms with Crippen LogP contribution in [0.1, 0.15) is 26.0 Å². The highest BCUT2D eigenvalue weighted by atomic mass is 16.5. The Morgan fingerprint density at radius 2 is 2.53 bits per heavy atom. The highest BCUT2D eigenvalue weighted by Crippen LogP contribution is 2.13. The van der Waals surface area contributed by atoms with Crippen LogP contribution in [-0.4, -0.2) is 35.2 Å². The van der Waals surface area contributed by atoms with Gasteiger partial charge in [0.25, 0.3) is 0 Å². The van der Waals surface area contributed by atoms with Gasteiger partial charge in [-0.1, -0.05) is 19.0 Å². The van der Waals surface area contributed by atoms with Gasteiger partial charge in [-0.05, 0) is 6.42 Å². The maximum atomic E-state index is 5.10. The van der Waals surface area contributed by atoms with Crippen LogP contribution in [0.4, 0.5) is 0 Å². The van der Waals surface area contributed by atoms with Gasteiger partial charge in [0.2, 0.25) is 0 Å². The normalized spacial score (nSPS) is 22.7. The molecule has 1 unspecified atom stereocenters. The van der Waals surface area contributed by atoms with E-state index in [0.717, 1.165) is 25.4 Å². The molecule has 1 aliphatic heterocycles. The molecule has 1 atom stereocenters. The van der Waals surface area contributed by atoms with Gasteiger partial charge in [0.1, 0.15) is 0 Å². The molecule has 0 aliphatic carbocycles. The minimum Gasteiger partial charge on any atom is -0.360 e. The molecule has 1 aromatic heterocycles. The van der Waals surface area contributed by atoms with Gasteiger partial charge in [0.05, 0.1) is 12.7 Å². The summed E-state index contributed by atoms with van der Waals surface area (Å²) in [6.45, 7) is 7.53. The van der Waals surface area contributed by atoms with Crippen molar-refractivity contribution >= 4 is 0 Å². The van der Waals surface area contributed by atoms with E-state index in [2.05, 4.69) is 29.2 Å². The number of likely N-dealkylation sites (tertiary alicyclic amines) is 1. The minimum atomic E-state index is 0.570. The number of nitrogens with zero attached hydrogens (tertiary/aromatic N) is 2. The largest absolute Gasteiger partial charge is 0.360 e. The van der Waals surface area contributed by atoms with Gasteiger partial charge in [0.15, 0.2) is 5.76 Å². The monoisotopic (exact) mass is 209 g/mol. The molecular weight excluding hydrogens is 190 g/mol. The lowest BCUT2D eigenvalue weighted by Gasteiger charge is -2.17. The van der Waals surface area contributed by atoms with Gasteiger partial charge in [-0.3, -0.25) is 4.90 Å². The minimum absolute atomic E-state index is 0.570. The molecular formula is C11H19N3O. The smallest absolute Gasteiger partial charge is 0.150 e. The predicted molar refractivity (Wildman–Crippen MR) is 58.5 cm³/mol. The molecule has 1 fully saturated rings. The molecule has 0 saturated carbocycles. The average molecular weight is 209 g/mol. The van der Waals surface area contributed by atoms with Crippen molar-refractivity contribution in [3.63, 3.8) is 0 Å². The van der Waals surface area contributed by atoms with Crippen molar-refractivity contribution in [3.05, 3.63) is 18.0 Å². The Hall–Kier alpha value is -0.870. The second-order valence-electron chi connectivity index (χ2n) is 4.52. The van der Waals surface area contributed by atoms with Gasteiger partial charge in [-0.25, -0.2) is 0 Å². The topological polar surface area (TPSA) is 41.3 Å².